The van der Waals surface area contributed by atoms with Crippen molar-refractivity contribution in [1.29, 1.82) is 5.41 Å². The van der Waals surface area contributed by atoms with E-state index in [9.17, 15) is 0 Å². The van der Waals surface area contributed by atoms with Crippen molar-refractivity contribution in [3.63, 3.8) is 0 Å². The predicted octanol–water partition coefficient (Wildman–Crippen LogP) is 0.315. The van der Waals surface area contributed by atoms with Gasteiger partial charge in [-0.2, -0.15) is 0 Å². The molecule has 0 aliphatic rings. The van der Waals surface area contributed by atoms with Crippen LogP contribution in [-0.4, -0.2) is 19.3 Å². The number of halogens is 1. The molecule has 5 heteroatoms. The summed E-state index contributed by atoms with van der Waals surface area (Å²) < 4.78 is 0.813. The Morgan fingerprint density at radius 1 is 1.73 bits per heavy atom. The number of rotatable bonds is 5. The van der Waals surface area contributed by atoms with E-state index >= 15 is 0 Å². The van der Waals surface area contributed by atoms with Crippen molar-refractivity contribution in [3.8, 4) is 0 Å². The average Bonchev–Trinajstić information content (AvgIpc) is 2.00. The Kier molecular flexibility index (Phi) is 6.10. The average molecular weight is 221 g/mol. The quantitative estimate of drug-likeness (QED) is 0.234. The first-order chi connectivity index (χ1) is 5.26. The van der Waals surface area contributed by atoms with E-state index in [4.69, 9.17) is 11.3 Å². The number of nitrogens with two attached hydrogens (primary N) is 1. The third-order valence-electron chi connectivity index (χ3n) is 1.08. The largest absolute Gasteiger partial charge is 0.379 e. The van der Waals surface area contributed by atoms with Gasteiger partial charge in [0.2, 0.25) is 0 Å². The van der Waals surface area contributed by atoms with Crippen molar-refractivity contribution in [2.75, 3.05) is 13.1 Å². The molecular weight excluding hydrogens is 208 g/mol. The highest BCUT2D eigenvalue weighted by Crippen LogP contribution is 2.04. The Labute approximate surface area is 74.8 Å². The van der Waals surface area contributed by atoms with Gasteiger partial charge >= 0.3 is 0 Å². The van der Waals surface area contributed by atoms with Crippen LogP contribution in [0.5, 0.6) is 0 Å². The maximum Gasteiger partial charge on any atom is 0.0841 e. The highest BCUT2D eigenvalue weighted by Gasteiger charge is 1.97. The molecule has 64 valence electrons. The van der Waals surface area contributed by atoms with Gasteiger partial charge in [0.25, 0.3) is 0 Å². The van der Waals surface area contributed by atoms with Crippen LogP contribution < -0.4 is 16.6 Å². The summed E-state index contributed by atoms with van der Waals surface area (Å²) in [6.45, 7) is 3.29. The molecular formula is C6H13BrN4. The van der Waals surface area contributed by atoms with E-state index in [1.807, 2.05) is 6.92 Å². The van der Waals surface area contributed by atoms with E-state index in [0.29, 0.717) is 6.54 Å². The van der Waals surface area contributed by atoms with Crippen LogP contribution in [0.25, 0.3) is 0 Å². The standard InChI is InChI=1S/C6H13BrN4/c1-2-10-6(7)5(3-8)4-11-9/h3,8,10-11H,2,4,9H2,1H3/b6-5+,8-3?. The van der Waals surface area contributed by atoms with Crippen LogP contribution in [0.2, 0.25) is 0 Å². The Morgan fingerprint density at radius 3 is 2.73 bits per heavy atom. The van der Waals surface area contributed by atoms with Crippen LogP contribution in [0.15, 0.2) is 10.2 Å². The molecule has 0 heterocycles. The number of hydrogen-bond acceptors (Lipinski definition) is 4. The van der Waals surface area contributed by atoms with Gasteiger partial charge in [-0.25, -0.2) is 0 Å². The van der Waals surface area contributed by atoms with E-state index < -0.39 is 0 Å². The Hall–Kier alpha value is -0.390. The van der Waals surface area contributed by atoms with Gasteiger partial charge < -0.3 is 10.7 Å². The molecule has 0 aromatic rings. The summed E-state index contributed by atoms with van der Waals surface area (Å²) in [5.41, 5.74) is 3.28. The van der Waals surface area contributed by atoms with Crippen LogP contribution >= 0.6 is 15.9 Å². The SMILES string of the molecule is CCN/C(Br)=C(\C=N)CNN. The summed E-state index contributed by atoms with van der Waals surface area (Å²) >= 11 is 3.29. The van der Waals surface area contributed by atoms with Crippen LogP contribution in [0, 0.1) is 5.41 Å². The maximum atomic E-state index is 7.02. The molecule has 0 unspecified atom stereocenters. The second kappa shape index (κ2) is 6.33. The molecule has 0 aromatic carbocycles. The molecule has 0 fully saturated rings. The van der Waals surface area contributed by atoms with Crippen molar-refractivity contribution in [2.45, 2.75) is 6.92 Å². The highest BCUT2D eigenvalue weighted by atomic mass is 79.9. The molecule has 5 N–H and O–H groups in total. The number of nitrogens with one attached hydrogen (secondary N) is 3. The molecule has 0 aliphatic heterocycles. The first kappa shape index (κ1) is 10.6. The fourth-order valence-corrected chi connectivity index (χ4v) is 1.11. The highest BCUT2D eigenvalue weighted by molar-refractivity contribution is 9.11. The summed E-state index contributed by atoms with van der Waals surface area (Å²) in [6.07, 6.45) is 1.26. The number of hydrogen-bond donors (Lipinski definition) is 4. The third-order valence-corrected chi connectivity index (χ3v) is 1.87. The van der Waals surface area contributed by atoms with Gasteiger partial charge in [-0.15, -0.1) is 0 Å². The molecule has 0 aromatic heterocycles. The minimum absolute atomic E-state index is 0.483. The van der Waals surface area contributed by atoms with Crippen molar-refractivity contribution in [2.24, 2.45) is 5.84 Å². The zero-order valence-electron chi connectivity index (χ0n) is 6.45. The van der Waals surface area contributed by atoms with E-state index in [-0.39, 0.29) is 0 Å². The summed E-state index contributed by atoms with van der Waals surface area (Å²) in [5.74, 6) is 5.10. The lowest BCUT2D eigenvalue weighted by Gasteiger charge is -2.05. The molecule has 0 aliphatic carbocycles. The van der Waals surface area contributed by atoms with Gasteiger partial charge in [0.15, 0.2) is 0 Å². The monoisotopic (exact) mass is 220 g/mol. The van der Waals surface area contributed by atoms with Gasteiger partial charge in [0, 0.05) is 24.9 Å². The first-order valence-electron chi connectivity index (χ1n) is 3.32. The molecule has 0 saturated carbocycles. The van der Waals surface area contributed by atoms with Crippen molar-refractivity contribution in [3.05, 3.63) is 10.2 Å². The summed E-state index contributed by atoms with van der Waals surface area (Å²) in [5, 5.41) is 10.1. The topological polar surface area (TPSA) is 73.9 Å². The minimum Gasteiger partial charge on any atom is -0.379 e. The van der Waals surface area contributed by atoms with Crippen LogP contribution in [0.4, 0.5) is 0 Å². The zero-order valence-corrected chi connectivity index (χ0v) is 8.03. The van der Waals surface area contributed by atoms with Crippen molar-refractivity contribution in [1.82, 2.24) is 10.7 Å². The molecule has 0 spiro atoms. The van der Waals surface area contributed by atoms with E-state index in [0.717, 1.165) is 16.7 Å². The lowest BCUT2D eigenvalue weighted by Crippen LogP contribution is -2.26. The zero-order chi connectivity index (χ0) is 8.69. The number of hydrazine groups is 1. The fraction of sp³-hybridized carbons (Fsp3) is 0.500. The molecule has 0 saturated heterocycles. The molecule has 11 heavy (non-hydrogen) atoms. The normalized spacial score (nSPS) is 12.3. The Bertz CT molecular complexity index is 155. The lowest BCUT2D eigenvalue weighted by atomic mass is 10.3. The smallest absolute Gasteiger partial charge is 0.0841 e. The first-order valence-corrected chi connectivity index (χ1v) is 4.12. The van der Waals surface area contributed by atoms with E-state index in [1.165, 1.54) is 6.21 Å². The molecule has 0 bridgehead atoms. The molecule has 0 rings (SSSR count). The second-order valence-corrected chi connectivity index (χ2v) is 2.69. The molecule has 0 radical (unpaired) electrons. The summed E-state index contributed by atoms with van der Waals surface area (Å²) in [7, 11) is 0. The summed E-state index contributed by atoms with van der Waals surface area (Å²) in [6, 6.07) is 0. The summed E-state index contributed by atoms with van der Waals surface area (Å²) in [4.78, 5) is 0. The fourth-order valence-electron chi connectivity index (χ4n) is 0.571. The van der Waals surface area contributed by atoms with E-state index in [2.05, 4.69) is 26.7 Å². The van der Waals surface area contributed by atoms with Crippen molar-refractivity contribution < 1.29 is 0 Å². The van der Waals surface area contributed by atoms with Gasteiger partial charge in [-0.05, 0) is 22.9 Å². The lowest BCUT2D eigenvalue weighted by molar-refractivity contribution is 0.799. The van der Waals surface area contributed by atoms with Gasteiger partial charge in [-0.3, -0.25) is 11.3 Å². The van der Waals surface area contributed by atoms with Crippen LogP contribution in [0.3, 0.4) is 0 Å². The van der Waals surface area contributed by atoms with E-state index in [1.54, 1.807) is 0 Å². The van der Waals surface area contributed by atoms with Crippen molar-refractivity contribution >= 4 is 22.1 Å². The van der Waals surface area contributed by atoms with Crippen LogP contribution in [-0.2, 0) is 0 Å². The Balaban J connectivity index is 4.14. The van der Waals surface area contributed by atoms with Gasteiger partial charge in [0.05, 0.1) is 4.61 Å². The minimum atomic E-state index is 0.483. The second-order valence-electron chi connectivity index (χ2n) is 1.89. The molecule has 4 nitrogen and oxygen atoms in total. The third kappa shape index (κ3) is 4.13. The van der Waals surface area contributed by atoms with Crippen LogP contribution in [0.1, 0.15) is 6.92 Å². The Morgan fingerprint density at radius 2 is 2.36 bits per heavy atom. The van der Waals surface area contributed by atoms with Gasteiger partial charge in [0.1, 0.15) is 0 Å². The maximum absolute atomic E-state index is 7.02. The predicted molar refractivity (Wildman–Crippen MR) is 50.6 cm³/mol. The molecule has 0 amide bonds. The molecule has 0 atom stereocenters. The van der Waals surface area contributed by atoms with Gasteiger partial charge in [-0.1, -0.05) is 0 Å².